The molecule has 5 N–H and O–H groups in total. The molecule has 0 aromatic carbocycles. The van der Waals surface area contributed by atoms with Crippen LogP contribution in [0.15, 0.2) is 17.1 Å². The summed E-state index contributed by atoms with van der Waals surface area (Å²) in [4.78, 5) is 18.2. The van der Waals surface area contributed by atoms with Crippen LogP contribution in [-0.4, -0.2) is 49.9 Å². The number of methoxy groups -OCH3 is 1. The van der Waals surface area contributed by atoms with Crippen molar-refractivity contribution < 1.29 is 19.7 Å². The van der Waals surface area contributed by atoms with Gasteiger partial charge in [-0.3, -0.25) is 9.78 Å². The van der Waals surface area contributed by atoms with E-state index in [1.807, 2.05) is 0 Å². The van der Waals surface area contributed by atoms with E-state index in [1.54, 1.807) is 0 Å². The minimum absolute atomic E-state index is 0.0473. The lowest BCUT2D eigenvalue weighted by Crippen LogP contribution is -2.43. The average Bonchev–Trinajstić information content (AvgIpc) is 2.91. The van der Waals surface area contributed by atoms with Crippen molar-refractivity contribution in [2.24, 2.45) is 0 Å². The molecule has 0 spiro atoms. The van der Waals surface area contributed by atoms with Gasteiger partial charge in [0.1, 0.15) is 11.7 Å². The highest BCUT2D eigenvalue weighted by atomic mass is 16.7. The number of nitrogen functional groups attached to an aromatic ring is 1. The summed E-state index contributed by atoms with van der Waals surface area (Å²) in [6, 6.07) is 1.53. The van der Waals surface area contributed by atoms with E-state index < -0.39 is 29.8 Å². The Hall–Kier alpha value is -1.94. The van der Waals surface area contributed by atoms with E-state index in [9.17, 15) is 15.0 Å². The second kappa shape index (κ2) is 4.53. The number of aliphatic hydroxyl groups is 2. The molecule has 9 nitrogen and oxygen atoms in total. The quantitative estimate of drug-likeness (QED) is 0.553. The Morgan fingerprint density at radius 1 is 1.62 bits per heavy atom. The molecule has 0 radical (unpaired) electrons. The summed E-state index contributed by atoms with van der Waals surface area (Å²) in [5, 5.41) is 20.8. The van der Waals surface area contributed by atoms with Gasteiger partial charge in [0.2, 0.25) is 5.95 Å². The van der Waals surface area contributed by atoms with Gasteiger partial charge in [-0.2, -0.15) is 4.98 Å². The van der Waals surface area contributed by atoms with Gasteiger partial charge < -0.3 is 30.0 Å². The van der Waals surface area contributed by atoms with Crippen molar-refractivity contribution in [3.63, 3.8) is 0 Å². The van der Waals surface area contributed by atoms with Crippen LogP contribution in [0.1, 0.15) is 13.2 Å². The molecular formula is C12H16N4O5. The van der Waals surface area contributed by atoms with Crippen molar-refractivity contribution >= 4 is 17.0 Å². The van der Waals surface area contributed by atoms with Gasteiger partial charge >= 0.3 is 0 Å². The fourth-order valence-electron chi connectivity index (χ4n) is 2.54. The Kier molecular flexibility index (Phi) is 3.02. The molecule has 2 unspecified atom stereocenters. The fourth-order valence-corrected chi connectivity index (χ4v) is 2.54. The molecule has 2 aromatic rings. The molecule has 4 atom stereocenters. The van der Waals surface area contributed by atoms with Crippen molar-refractivity contribution in [2.45, 2.75) is 31.1 Å². The molecule has 9 heteroatoms. The smallest absolute Gasteiger partial charge is 0.261 e. The van der Waals surface area contributed by atoms with Crippen LogP contribution in [0.3, 0.4) is 0 Å². The fraction of sp³-hybridized carbons (Fsp3) is 0.500. The van der Waals surface area contributed by atoms with E-state index in [2.05, 4.69) is 9.97 Å². The highest BCUT2D eigenvalue weighted by Crippen LogP contribution is 2.39. The zero-order valence-corrected chi connectivity index (χ0v) is 11.5. The SMILES string of the molecule is CO[C@H]1O[C@@H](n2ccc3c(=O)[nH]c(N)nc32)C(C)(O)C1O. The number of rotatable bonds is 2. The van der Waals surface area contributed by atoms with Gasteiger partial charge in [-0.05, 0) is 13.0 Å². The second-order valence-corrected chi connectivity index (χ2v) is 5.17. The summed E-state index contributed by atoms with van der Waals surface area (Å²) >= 11 is 0. The molecule has 1 aliphatic heterocycles. The minimum Gasteiger partial charge on any atom is -0.385 e. The van der Waals surface area contributed by atoms with Gasteiger partial charge in [-0.1, -0.05) is 0 Å². The number of anilines is 1. The highest BCUT2D eigenvalue weighted by Gasteiger charge is 2.53. The number of nitrogens with one attached hydrogen (secondary N) is 1. The average molecular weight is 296 g/mol. The van der Waals surface area contributed by atoms with E-state index in [4.69, 9.17) is 15.2 Å². The molecule has 0 bridgehead atoms. The number of nitrogens with two attached hydrogens (primary N) is 1. The number of H-pyrrole nitrogens is 1. The van der Waals surface area contributed by atoms with E-state index in [0.29, 0.717) is 5.39 Å². The number of hydrogen-bond donors (Lipinski definition) is 4. The number of nitrogens with zero attached hydrogens (tertiary/aromatic N) is 2. The van der Waals surface area contributed by atoms with Crippen LogP contribution in [0.25, 0.3) is 11.0 Å². The molecule has 3 rings (SSSR count). The first-order valence-corrected chi connectivity index (χ1v) is 6.31. The molecule has 0 saturated carbocycles. The zero-order valence-electron chi connectivity index (χ0n) is 11.5. The maximum absolute atomic E-state index is 11.8. The van der Waals surface area contributed by atoms with Crippen molar-refractivity contribution in [1.29, 1.82) is 0 Å². The van der Waals surface area contributed by atoms with E-state index in [1.165, 1.54) is 30.9 Å². The van der Waals surface area contributed by atoms with Gasteiger partial charge in [-0.15, -0.1) is 0 Å². The van der Waals surface area contributed by atoms with Crippen molar-refractivity contribution in [2.75, 3.05) is 12.8 Å². The predicted molar refractivity (Wildman–Crippen MR) is 72.3 cm³/mol. The van der Waals surface area contributed by atoms with Gasteiger partial charge in [-0.25, -0.2) is 0 Å². The van der Waals surface area contributed by atoms with E-state index >= 15 is 0 Å². The minimum atomic E-state index is -1.62. The molecule has 114 valence electrons. The lowest BCUT2D eigenvalue weighted by Gasteiger charge is -2.27. The summed E-state index contributed by atoms with van der Waals surface area (Å²) in [5.74, 6) is -0.0473. The van der Waals surface area contributed by atoms with Crippen LogP contribution >= 0.6 is 0 Å². The summed E-state index contributed by atoms with van der Waals surface area (Å²) in [5.41, 5.74) is 3.79. The standard InChI is InChI=1S/C12H16N4O5/c1-12(19)6(17)9(20-2)21-10(12)16-4-3-5-7(16)14-11(13)15-8(5)18/h3-4,6,9-10,17,19H,1-2H3,(H3,13,14,15,18)/t6?,9-,10+,12?/m0/s1. The van der Waals surface area contributed by atoms with Gasteiger partial charge in [0.05, 0.1) is 5.39 Å². The van der Waals surface area contributed by atoms with Crippen molar-refractivity contribution in [1.82, 2.24) is 14.5 Å². The lowest BCUT2D eigenvalue weighted by atomic mass is 9.99. The molecule has 3 heterocycles. The van der Waals surface area contributed by atoms with Gasteiger partial charge in [0.25, 0.3) is 5.56 Å². The third-order valence-corrected chi connectivity index (χ3v) is 3.70. The number of aromatic amines is 1. The normalized spacial score (nSPS) is 32.9. The maximum atomic E-state index is 11.8. The Balaban J connectivity index is 2.15. The summed E-state index contributed by atoms with van der Waals surface area (Å²) in [6.07, 6.45) is -1.66. The summed E-state index contributed by atoms with van der Waals surface area (Å²) in [6.45, 7) is 1.42. The molecule has 0 aliphatic carbocycles. The number of fused-ring (bicyclic) bond motifs is 1. The Morgan fingerprint density at radius 2 is 2.33 bits per heavy atom. The monoisotopic (exact) mass is 296 g/mol. The Labute approximate surface area is 118 Å². The van der Waals surface area contributed by atoms with Crippen LogP contribution in [-0.2, 0) is 9.47 Å². The van der Waals surface area contributed by atoms with Crippen LogP contribution in [0.2, 0.25) is 0 Å². The number of hydrogen-bond acceptors (Lipinski definition) is 7. The third kappa shape index (κ3) is 1.94. The van der Waals surface area contributed by atoms with E-state index in [0.717, 1.165) is 0 Å². The zero-order chi connectivity index (χ0) is 15.4. The molecular weight excluding hydrogens is 280 g/mol. The number of ether oxygens (including phenoxy) is 2. The van der Waals surface area contributed by atoms with Crippen LogP contribution in [0.4, 0.5) is 5.95 Å². The number of aromatic nitrogens is 3. The largest absolute Gasteiger partial charge is 0.385 e. The first-order valence-electron chi connectivity index (χ1n) is 6.31. The lowest BCUT2D eigenvalue weighted by molar-refractivity contribution is -0.160. The molecule has 21 heavy (non-hydrogen) atoms. The summed E-state index contributed by atoms with van der Waals surface area (Å²) < 4.78 is 12.0. The second-order valence-electron chi connectivity index (χ2n) is 5.17. The third-order valence-electron chi connectivity index (χ3n) is 3.70. The first-order chi connectivity index (χ1) is 9.86. The molecule has 2 aromatic heterocycles. The maximum Gasteiger partial charge on any atom is 0.261 e. The summed E-state index contributed by atoms with van der Waals surface area (Å²) in [7, 11) is 1.36. The topological polar surface area (TPSA) is 136 Å². The van der Waals surface area contributed by atoms with Crippen LogP contribution in [0.5, 0.6) is 0 Å². The van der Waals surface area contributed by atoms with Crippen molar-refractivity contribution in [3.05, 3.63) is 22.6 Å². The molecule has 0 amide bonds. The van der Waals surface area contributed by atoms with Crippen LogP contribution in [0, 0.1) is 0 Å². The van der Waals surface area contributed by atoms with E-state index in [-0.39, 0.29) is 11.6 Å². The number of aliphatic hydroxyl groups excluding tert-OH is 1. The Bertz CT molecular complexity index is 737. The van der Waals surface area contributed by atoms with Crippen LogP contribution < -0.4 is 11.3 Å². The molecule has 1 aliphatic rings. The molecule has 1 fully saturated rings. The molecule has 1 saturated heterocycles. The highest BCUT2D eigenvalue weighted by molar-refractivity contribution is 5.76. The Morgan fingerprint density at radius 3 is 2.95 bits per heavy atom. The van der Waals surface area contributed by atoms with Crippen molar-refractivity contribution in [3.8, 4) is 0 Å². The van der Waals surface area contributed by atoms with Gasteiger partial charge in [0.15, 0.2) is 18.2 Å². The first kappa shape index (κ1) is 14.0. The van der Waals surface area contributed by atoms with Gasteiger partial charge in [0, 0.05) is 13.3 Å². The predicted octanol–water partition coefficient (Wildman–Crippen LogP) is -1.08.